The summed E-state index contributed by atoms with van der Waals surface area (Å²) in [4.78, 5) is 18.5. The topological polar surface area (TPSA) is 54.5 Å². The average molecular weight is 284 g/mol. The van der Waals surface area contributed by atoms with E-state index in [1.807, 2.05) is 0 Å². The quantitative estimate of drug-likeness (QED) is 0.828. The van der Waals surface area contributed by atoms with Gasteiger partial charge in [0.05, 0.1) is 7.11 Å². The number of nitrogens with one attached hydrogen (secondary N) is 1. The third-order valence-electron chi connectivity index (χ3n) is 3.82. The zero-order chi connectivity index (χ0) is 12.5. The fourth-order valence-electron chi connectivity index (χ4n) is 3.00. The van der Waals surface area contributed by atoms with Gasteiger partial charge in [0, 0.05) is 31.4 Å². The van der Waals surface area contributed by atoms with Crippen LogP contribution in [0.3, 0.4) is 0 Å². The second-order valence-electron chi connectivity index (χ2n) is 4.82. The predicted octanol–water partition coefficient (Wildman–Crippen LogP) is 1.23. The van der Waals surface area contributed by atoms with Gasteiger partial charge in [-0.25, -0.2) is 9.78 Å². The Bertz CT molecular complexity index is 453. The van der Waals surface area contributed by atoms with Crippen molar-refractivity contribution in [2.45, 2.75) is 24.9 Å². The molecule has 104 valence electrons. The molecule has 5 nitrogen and oxygen atoms in total. The number of halogens is 1. The van der Waals surface area contributed by atoms with Crippen LogP contribution < -0.4 is 10.2 Å². The highest BCUT2D eigenvalue weighted by molar-refractivity contribution is 5.94. The van der Waals surface area contributed by atoms with Gasteiger partial charge < -0.3 is 15.0 Å². The highest BCUT2D eigenvalue weighted by Crippen LogP contribution is 2.33. The van der Waals surface area contributed by atoms with Crippen molar-refractivity contribution in [2.24, 2.45) is 0 Å². The maximum Gasteiger partial charge on any atom is 0.341 e. The first-order valence-electron chi connectivity index (χ1n) is 6.33. The van der Waals surface area contributed by atoms with Gasteiger partial charge in [-0.3, -0.25) is 0 Å². The molecule has 0 amide bonds. The number of nitrogens with zero attached hydrogens (tertiary/aromatic N) is 2. The first kappa shape index (κ1) is 14.1. The van der Waals surface area contributed by atoms with Gasteiger partial charge in [-0.15, -0.1) is 12.4 Å². The smallest absolute Gasteiger partial charge is 0.341 e. The minimum Gasteiger partial charge on any atom is -0.465 e. The Balaban J connectivity index is 0.00000133. The van der Waals surface area contributed by atoms with Gasteiger partial charge in [0.2, 0.25) is 0 Å². The molecule has 0 spiro atoms. The summed E-state index contributed by atoms with van der Waals surface area (Å²) in [6.07, 6.45) is 4.06. The summed E-state index contributed by atoms with van der Waals surface area (Å²) in [6, 6.07) is 4.46. The summed E-state index contributed by atoms with van der Waals surface area (Å²) in [5, 5.41) is 3.42. The fraction of sp³-hybridized carbons (Fsp3) is 0.538. The summed E-state index contributed by atoms with van der Waals surface area (Å²) in [6.45, 7) is 1.93. The standard InChI is InChI=1S/C13H17N3O2.ClH/c1-18-13(17)11-3-2-6-15-12(11)16-9-4-5-10(16)8-14-7-9;/h2-3,6,9-10,14H,4-5,7-8H2,1H3;1H. The third kappa shape index (κ3) is 2.40. The van der Waals surface area contributed by atoms with E-state index in [4.69, 9.17) is 4.74 Å². The number of anilines is 1. The van der Waals surface area contributed by atoms with Crippen LogP contribution >= 0.6 is 12.4 Å². The van der Waals surface area contributed by atoms with Crippen LogP contribution in [-0.4, -0.2) is 43.2 Å². The molecule has 1 aromatic heterocycles. The van der Waals surface area contributed by atoms with Gasteiger partial charge >= 0.3 is 5.97 Å². The van der Waals surface area contributed by atoms with Gasteiger partial charge in [0.1, 0.15) is 11.4 Å². The molecule has 2 aliphatic rings. The van der Waals surface area contributed by atoms with Crippen molar-refractivity contribution in [2.75, 3.05) is 25.1 Å². The molecular weight excluding hydrogens is 266 g/mol. The molecule has 1 aromatic rings. The second-order valence-corrected chi connectivity index (χ2v) is 4.82. The Labute approximate surface area is 118 Å². The molecule has 0 saturated carbocycles. The highest BCUT2D eigenvalue weighted by atomic mass is 35.5. The summed E-state index contributed by atoms with van der Waals surface area (Å²) in [5.41, 5.74) is 0.568. The summed E-state index contributed by atoms with van der Waals surface area (Å²) >= 11 is 0. The molecule has 0 aliphatic carbocycles. The first-order chi connectivity index (χ1) is 8.81. The molecule has 2 unspecified atom stereocenters. The van der Waals surface area contributed by atoms with Crippen LogP contribution in [-0.2, 0) is 4.74 Å². The van der Waals surface area contributed by atoms with E-state index in [-0.39, 0.29) is 18.4 Å². The van der Waals surface area contributed by atoms with Crippen LogP contribution in [0.1, 0.15) is 23.2 Å². The minimum atomic E-state index is -0.309. The molecule has 3 rings (SSSR count). The van der Waals surface area contributed by atoms with Crippen LogP contribution in [0.15, 0.2) is 18.3 Å². The number of piperazine rings is 1. The number of carbonyl (C=O) groups excluding carboxylic acids is 1. The SMILES string of the molecule is COC(=O)c1cccnc1N1C2CCC1CNC2.Cl. The summed E-state index contributed by atoms with van der Waals surface area (Å²) < 4.78 is 4.84. The zero-order valence-electron chi connectivity index (χ0n) is 10.8. The molecule has 0 aromatic carbocycles. The minimum absolute atomic E-state index is 0. The van der Waals surface area contributed by atoms with Gasteiger partial charge in [-0.1, -0.05) is 0 Å². The highest BCUT2D eigenvalue weighted by Gasteiger charge is 2.38. The van der Waals surface area contributed by atoms with E-state index >= 15 is 0 Å². The van der Waals surface area contributed by atoms with Gasteiger partial charge in [0.15, 0.2) is 0 Å². The average Bonchev–Trinajstić information content (AvgIpc) is 2.67. The van der Waals surface area contributed by atoms with Crippen LogP contribution in [0.4, 0.5) is 5.82 Å². The third-order valence-corrected chi connectivity index (χ3v) is 3.82. The van der Waals surface area contributed by atoms with E-state index in [1.54, 1.807) is 18.3 Å². The zero-order valence-corrected chi connectivity index (χ0v) is 11.7. The van der Waals surface area contributed by atoms with Crippen molar-refractivity contribution < 1.29 is 9.53 Å². The van der Waals surface area contributed by atoms with Crippen molar-refractivity contribution in [3.05, 3.63) is 23.9 Å². The number of carbonyl (C=O) groups is 1. The molecule has 2 aliphatic heterocycles. The van der Waals surface area contributed by atoms with E-state index in [1.165, 1.54) is 7.11 Å². The van der Waals surface area contributed by atoms with Gasteiger partial charge in [-0.2, -0.15) is 0 Å². The van der Waals surface area contributed by atoms with Crippen LogP contribution in [0, 0.1) is 0 Å². The molecule has 6 heteroatoms. The number of rotatable bonds is 2. The van der Waals surface area contributed by atoms with E-state index in [0.717, 1.165) is 31.7 Å². The van der Waals surface area contributed by atoms with E-state index in [0.29, 0.717) is 17.6 Å². The lowest BCUT2D eigenvalue weighted by molar-refractivity contribution is 0.0601. The monoisotopic (exact) mass is 283 g/mol. The van der Waals surface area contributed by atoms with Gasteiger partial charge in [-0.05, 0) is 25.0 Å². The molecule has 0 radical (unpaired) electrons. The number of hydrogen-bond acceptors (Lipinski definition) is 5. The Kier molecular flexibility index (Phi) is 4.27. The maximum atomic E-state index is 11.8. The van der Waals surface area contributed by atoms with E-state index in [2.05, 4.69) is 15.2 Å². The molecule has 2 atom stereocenters. The van der Waals surface area contributed by atoms with E-state index in [9.17, 15) is 4.79 Å². The maximum absolute atomic E-state index is 11.8. The molecule has 19 heavy (non-hydrogen) atoms. The summed E-state index contributed by atoms with van der Waals surface area (Å²) in [7, 11) is 1.41. The lowest BCUT2D eigenvalue weighted by Gasteiger charge is -2.36. The Hall–Kier alpha value is -1.33. The Morgan fingerprint density at radius 1 is 1.42 bits per heavy atom. The molecule has 2 fully saturated rings. The molecule has 2 saturated heterocycles. The van der Waals surface area contributed by atoms with Crippen molar-refractivity contribution in [3.8, 4) is 0 Å². The fourth-order valence-corrected chi connectivity index (χ4v) is 3.00. The Morgan fingerprint density at radius 2 is 2.11 bits per heavy atom. The van der Waals surface area contributed by atoms with Crippen LogP contribution in [0.5, 0.6) is 0 Å². The number of fused-ring (bicyclic) bond motifs is 2. The predicted molar refractivity (Wildman–Crippen MR) is 75.0 cm³/mol. The lowest BCUT2D eigenvalue weighted by Crippen LogP contribution is -2.52. The van der Waals surface area contributed by atoms with Crippen molar-refractivity contribution in [3.63, 3.8) is 0 Å². The van der Waals surface area contributed by atoms with Crippen LogP contribution in [0.25, 0.3) is 0 Å². The number of ether oxygens (including phenoxy) is 1. The van der Waals surface area contributed by atoms with Crippen molar-refractivity contribution in [1.29, 1.82) is 0 Å². The molecule has 2 bridgehead atoms. The number of pyridine rings is 1. The number of methoxy groups -OCH3 is 1. The van der Waals surface area contributed by atoms with Gasteiger partial charge in [0.25, 0.3) is 0 Å². The van der Waals surface area contributed by atoms with E-state index < -0.39 is 0 Å². The first-order valence-corrected chi connectivity index (χ1v) is 6.33. The number of esters is 1. The largest absolute Gasteiger partial charge is 0.465 e. The molecule has 1 N–H and O–H groups in total. The Morgan fingerprint density at radius 3 is 2.74 bits per heavy atom. The normalized spacial score (nSPS) is 24.8. The van der Waals surface area contributed by atoms with Crippen molar-refractivity contribution in [1.82, 2.24) is 10.3 Å². The summed E-state index contributed by atoms with van der Waals surface area (Å²) in [5.74, 6) is 0.467. The second kappa shape index (κ2) is 5.75. The van der Waals surface area contributed by atoms with Crippen molar-refractivity contribution >= 4 is 24.2 Å². The molecular formula is C13H18ClN3O2. The number of hydrogen-bond donors (Lipinski definition) is 1. The lowest BCUT2D eigenvalue weighted by atomic mass is 10.1. The number of aromatic nitrogens is 1. The molecule has 3 heterocycles. The van der Waals surface area contributed by atoms with Crippen LogP contribution in [0.2, 0.25) is 0 Å².